The molecule has 0 bridgehead atoms. The molecule has 0 heterocycles. The summed E-state index contributed by atoms with van der Waals surface area (Å²) in [5.74, 6) is -0.734. The van der Waals surface area contributed by atoms with Crippen LogP contribution in [0.5, 0.6) is 0 Å². The van der Waals surface area contributed by atoms with E-state index in [1.54, 1.807) is 12.1 Å². The molecule has 0 fully saturated rings. The third-order valence-corrected chi connectivity index (χ3v) is 9.04. The Hall–Kier alpha value is -3.36. The Morgan fingerprint density at radius 3 is 2.17 bits per heavy atom. The fourth-order valence-corrected chi connectivity index (χ4v) is 5.93. The van der Waals surface area contributed by atoms with Crippen LogP contribution in [0.4, 0.5) is 5.69 Å². The summed E-state index contributed by atoms with van der Waals surface area (Å²) in [7, 11) is -4.15. The Labute approximate surface area is 243 Å². The van der Waals surface area contributed by atoms with Gasteiger partial charge >= 0.3 is 0 Å². The van der Waals surface area contributed by atoms with Gasteiger partial charge in [-0.1, -0.05) is 55.8 Å². The van der Waals surface area contributed by atoms with Crippen molar-refractivity contribution in [2.75, 3.05) is 17.4 Å². The first kappa shape index (κ1) is 31.2. The maximum atomic E-state index is 14.1. The van der Waals surface area contributed by atoms with E-state index in [1.165, 1.54) is 29.2 Å². The van der Waals surface area contributed by atoms with Crippen molar-refractivity contribution in [1.29, 1.82) is 0 Å². The highest BCUT2D eigenvalue weighted by molar-refractivity contribution is 7.92. The number of hydrogen-bond acceptors (Lipinski definition) is 4. The zero-order valence-corrected chi connectivity index (χ0v) is 25.3. The first-order valence-corrected chi connectivity index (χ1v) is 15.3. The minimum atomic E-state index is -4.15. The van der Waals surface area contributed by atoms with Crippen molar-refractivity contribution in [3.05, 3.63) is 94.0 Å². The molecule has 0 saturated heterocycles. The molecule has 0 unspecified atom stereocenters. The number of nitrogens with one attached hydrogen (secondary N) is 1. The molecule has 0 spiro atoms. The molecule has 214 valence electrons. The van der Waals surface area contributed by atoms with E-state index in [9.17, 15) is 18.0 Å². The smallest absolute Gasteiger partial charge is 0.264 e. The Morgan fingerprint density at radius 2 is 1.57 bits per heavy atom. The number of carbonyl (C=O) groups excluding carboxylic acids is 2. The molecular formula is C31H38ClN3O4S. The SMILES string of the molecule is CCCNC(=O)[C@@H](CC)N(Cc1ccccc1C)C(=O)CN(c1ccc(C)c(C)c1)S(=O)(=O)c1ccc(Cl)cc1. The van der Waals surface area contributed by atoms with Crippen LogP contribution in [0.25, 0.3) is 0 Å². The molecule has 1 N–H and O–H groups in total. The monoisotopic (exact) mass is 583 g/mol. The lowest BCUT2D eigenvalue weighted by molar-refractivity contribution is -0.140. The van der Waals surface area contributed by atoms with Gasteiger partial charge in [0.2, 0.25) is 11.8 Å². The summed E-state index contributed by atoms with van der Waals surface area (Å²) in [4.78, 5) is 28.8. The first-order valence-electron chi connectivity index (χ1n) is 13.5. The van der Waals surface area contributed by atoms with E-state index in [2.05, 4.69) is 5.32 Å². The van der Waals surface area contributed by atoms with Gasteiger partial charge in [0.1, 0.15) is 12.6 Å². The zero-order chi connectivity index (χ0) is 29.4. The van der Waals surface area contributed by atoms with Crippen LogP contribution < -0.4 is 9.62 Å². The van der Waals surface area contributed by atoms with E-state index in [0.717, 1.165) is 33.0 Å². The predicted octanol–water partition coefficient (Wildman–Crippen LogP) is 5.79. The molecule has 3 rings (SSSR count). The number of sulfonamides is 1. The number of anilines is 1. The second-order valence-corrected chi connectivity index (χ2v) is 12.2. The normalized spacial score (nSPS) is 12.1. The van der Waals surface area contributed by atoms with Gasteiger partial charge in [0.05, 0.1) is 10.6 Å². The fourth-order valence-electron chi connectivity index (χ4n) is 4.40. The average molecular weight is 584 g/mol. The van der Waals surface area contributed by atoms with Gasteiger partial charge in [0, 0.05) is 18.1 Å². The Bertz CT molecular complexity index is 1440. The van der Waals surface area contributed by atoms with E-state index >= 15 is 0 Å². The third kappa shape index (κ3) is 7.43. The highest BCUT2D eigenvalue weighted by Gasteiger charge is 2.33. The summed E-state index contributed by atoms with van der Waals surface area (Å²) in [6, 6.07) is 18.0. The van der Waals surface area contributed by atoms with Crippen molar-refractivity contribution in [2.45, 2.75) is 64.9 Å². The Balaban J connectivity index is 2.09. The number of nitrogens with zero attached hydrogens (tertiary/aromatic N) is 2. The molecule has 0 radical (unpaired) electrons. The number of carbonyl (C=O) groups is 2. The van der Waals surface area contributed by atoms with Gasteiger partial charge in [-0.05, 0) is 92.3 Å². The molecule has 2 amide bonds. The molecule has 1 atom stereocenters. The van der Waals surface area contributed by atoms with Crippen molar-refractivity contribution in [1.82, 2.24) is 10.2 Å². The van der Waals surface area contributed by atoms with Crippen molar-refractivity contribution in [3.8, 4) is 0 Å². The summed E-state index contributed by atoms with van der Waals surface area (Å²) in [5, 5.41) is 3.31. The maximum absolute atomic E-state index is 14.1. The van der Waals surface area contributed by atoms with Gasteiger partial charge in [0.15, 0.2) is 0 Å². The lowest BCUT2D eigenvalue weighted by Crippen LogP contribution is -2.52. The van der Waals surface area contributed by atoms with E-state index in [-0.39, 0.29) is 17.3 Å². The van der Waals surface area contributed by atoms with E-state index in [1.807, 2.05) is 65.0 Å². The van der Waals surface area contributed by atoms with Crippen LogP contribution in [-0.4, -0.2) is 44.3 Å². The van der Waals surface area contributed by atoms with Crippen LogP contribution in [0.1, 0.15) is 48.9 Å². The largest absolute Gasteiger partial charge is 0.354 e. The number of rotatable bonds is 12. The van der Waals surface area contributed by atoms with Crippen LogP contribution >= 0.6 is 11.6 Å². The molecule has 40 heavy (non-hydrogen) atoms. The minimum Gasteiger partial charge on any atom is -0.354 e. The molecule has 0 aliphatic rings. The molecule has 3 aromatic carbocycles. The summed E-state index contributed by atoms with van der Waals surface area (Å²) < 4.78 is 29.0. The molecule has 0 aliphatic heterocycles. The average Bonchev–Trinajstić information content (AvgIpc) is 2.93. The van der Waals surface area contributed by atoms with Gasteiger partial charge in [-0.3, -0.25) is 13.9 Å². The third-order valence-electron chi connectivity index (χ3n) is 7.00. The van der Waals surface area contributed by atoms with Gasteiger partial charge in [-0.25, -0.2) is 8.42 Å². The molecular weight excluding hydrogens is 546 g/mol. The lowest BCUT2D eigenvalue weighted by atomic mass is 10.1. The number of aryl methyl sites for hydroxylation is 3. The fraction of sp³-hybridized carbons (Fsp3) is 0.355. The van der Waals surface area contributed by atoms with Crippen LogP contribution in [0.15, 0.2) is 71.6 Å². The standard InChI is InChI=1S/C31H38ClN3O4S/c1-6-18-33-31(37)29(7-2)34(20-25-11-9-8-10-23(25)4)30(36)21-35(27-15-12-22(3)24(5)19-27)40(38,39)28-16-13-26(32)14-17-28/h8-17,19,29H,6-7,18,20-21H2,1-5H3,(H,33,37)/t29-/m1/s1. The molecule has 9 heteroatoms. The minimum absolute atomic E-state index is 0.0149. The highest BCUT2D eigenvalue weighted by atomic mass is 35.5. The Morgan fingerprint density at radius 1 is 0.900 bits per heavy atom. The predicted molar refractivity (Wildman–Crippen MR) is 161 cm³/mol. The summed E-state index contributed by atoms with van der Waals surface area (Å²) in [6.45, 7) is 9.77. The van der Waals surface area contributed by atoms with E-state index in [4.69, 9.17) is 11.6 Å². The molecule has 3 aromatic rings. The summed E-state index contributed by atoms with van der Waals surface area (Å²) in [6.07, 6.45) is 1.13. The van der Waals surface area contributed by atoms with Crippen molar-refractivity contribution in [3.63, 3.8) is 0 Å². The lowest BCUT2D eigenvalue weighted by Gasteiger charge is -2.33. The van der Waals surface area contributed by atoms with Crippen molar-refractivity contribution in [2.24, 2.45) is 0 Å². The number of halogens is 1. The van der Waals surface area contributed by atoms with E-state index in [0.29, 0.717) is 23.7 Å². The van der Waals surface area contributed by atoms with Gasteiger partial charge < -0.3 is 10.2 Å². The van der Waals surface area contributed by atoms with Gasteiger partial charge in [-0.2, -0.15) is 0 Å². The second kappa shape index (κ2) is 13.8. The first-order chi connectivity index (χ1) is 19.0. The van der Waals surface area contributed by atoms with E-state index < -0.39 is 28.5 Å². The summed E-state index contributed by atoms with van der Waals surface area (Å²) >= 11 is 6.02. The second-order valence-electron chi connectivity index (χ2n) is 9.90. The van der Waals surface area contributed by atoms with Crippen LogP contribution in [0.2, 0.25) is 5.02 Å². The number of benzene rings is 3. The molecule has 7 nitrogen and oxygen atoms in total. The molecule has 0 saturated carbocycles. The number of hydrogen-bond donors (Lipinski definition) is 1. The zero-order valence-electron chi connectivity index (χ0n) is 23.8. The van der Waals surface area contributed by atoms with Gasteiger partial charge in [-0.15, -0.1) is 0 Å². The van der Waals surface area contributed by atoms with Crippen LogP contribution in [0.3, 0.4) is 0 Å². The van der Waals surface area contributed by atoms with Crippen LogP contribution in [0, 0.1) is 20.8 Å². The molecule has 0 aromatic heterocycles. The van der Waals surface area contributed by atoms with Crippen molar-refractivity contribution < 1.29 is 18.0 Å². The maximum Gasteiger partial charge on any atom is 0.264 e. The Kier molecular flexibility index (Phi) is 10.8. The van der Waals surface area contributed by atoms with Gasteiger partial charge in [0.25, 0.3) is 10.0 Å². The quantitative estimate of drug-likeness (QED) is 0.292. The topological polar surface area (TPSA) is 86.8 Å². The molecule has 0 aliphatic carbocycles. The van der Waals surface area contributed by atoms with Crippen LogP contribution in [-0.2, 0) is 26.2 Å². The highest BCUT2D eigenvalue weighted by Crippen LogP contribution is 2.27. The number of amides is 2. The summed E-state index contributed by atoms with van der Waals surface area (Å²) in [5.41, 5.74) is 4.12. The van der Waals surface area contributed by atoms with Crippen molar-refractivity contribution >= 4 is 39.1 Å².